The van der Waals surface area contributed by atoms with Crippen molar-refractivity contribution in [3.05, 3.63) is 52.9 Å². The fourth-order valence-electron chi connectivity index (χ4n) is 1.54. The molecule has 18 heavy (non-hydrogen) atoms. The number of ether oxygens (including phenoxy) is 1. The summed E-state index contributed by atoms with van der Waals surface area (Å²) in [6, 6.07) is 8.90. The molecule has 0 radical (unpaired) electrons. The van der Waals surface area contributed by atoms with Gasteiger partial charge in [-0.3, -0.25) is 0 Å². The minimum Gasteiger partial charge on any atom is -0.465 e. The minimum absolute atomic E-state index is 0.134. The van der Waals surface area contributed by atoms with E-state index in [1.807, 2.05) is 0 Å². The van der Waals surface area contributed by atoms with Gasteiger partial charge < -0.3 is 4.74 Å². The van der Waals surface area contributed by atoms with Crippen LogP contribution >= 0.6 is 11.6 Å². The summed E-state index contributed by atoms with van der Waals surface area (Å²) in [5.74, 6) is -1.13. The van der Waals surface area contributed by atoms with Crippen molar-refractivity contribution in [1.82, 2.24) is 4.98 Å². The summed E-state index contributed by atoms with van der Waals surface area (Å²) >= 11 is 5.77. The molecule has 3 nitrogen and oxygen atoms in total. The number of aromatic nitrogens is 1. The number of rotatable bonds is 2. The molecular weight excluding hydrogens is 257 g/mol. The molecule has 0 N–H and O–H groups in total. The molecule has 0 amide bonds. The van der Waals surface area contributed by atoms with E-state index in [0.29, 0.717) is 16.4 Å². The third kappa shape index (κ3) is 2.65. The lowest BCUT2D eigenvalue weighted by molar-refractivity contribution is 0.0600. The number of hydrogen-bond acceptors (Lipinski definition) is 3. The third-order valence-electron chi connectivity index (χ3n) is 2.33. The average Bonchev–Trinajstić information content (AvgIpc) is 2.37. The van der Waals surface area contributed by atoms with Crippen LogP contribution in [-0.4, -0.2) is 18.1 Å². The van der Waals surface area contributed by atoms with E-state index in [9.17, 15) is 9.18 Å². The number of halogens is 2. The van der Waals surface area contributed by atoms with Crippen LogP contribution in [0.2, 0.25) is 5.15 Å². The third-order valence-corrected chi connectivity index (χ3v) is 2.54. The SMILES string of the molecule is COC(=O)c1cc(F)cc(-c2cccc(Cl)n2)c1. The summed E-state index contributed by atoms with van der Waals surface area (Å²) in [4.78, 5) is 15.4. The molecule has 1 heterocycles. The van der Waals surface area contributed by atoms with Crippen molar-refractivity contribution in [2.75, 3.05) is 7.11 Å². The first kappa shape index (κ1) is 12.5. The number of esters is 1. The van der Waals surface area contributed by atoms with Crippen LogP contribution in [0.25, 0.3) is 11.3 Å². The molecule has 92 valence electrons. The van der Waals surface area contributed by atoms with Crippen LogP contribution in [0.3, 0.4) is 0 Å². The van der Waals surface area contributed by atoms with Crippen LogP contribution in [0.1, 0.15) is 10.4 Å². The Kier molecular flexibility index (Phi) is 3.58. The lowest BCUT2D eigenvalue weighted by Gasteiger charge is -2.05. The van der Waals surface area contributed by atoms with Crippen molar-refractivity contribution in [3.63, 3.8) is 0 Å². The predicted molar refractivity (Wildman–Crippen MR) is 66.0 cm³/mol. The normalized spacial score (nSPS) is 10.2. The maximum absolute atomic E-state index is 13.4. The lowest BCUT2D eigenvalue weighted by atomic mass is 10.1. The van der Waals surface area contributed by atoms with E-state index in [2.05, 4.69) is 9.72 Å². The Labute approximate surface area is 108 Å². The van der Waals surface area contributed by atoms with E-state index in [-0.39, 0.29) is 5.56 Å². The van der Waals surface area contributed by atoms with Crippen molar-refractivity contribution in [3.8, 4) is 11.3 Å². The van der Waals surface area contributed by atoms with Gasteiger partial charge in [0.15, 0.2) is 0 Å². The Hall–Kier alpha value is -1.94. The highest BCUT2D eigenvalue weighted by Crippen LogP contribution is 2.22. The molecule has 0 aliphatic heterocycles. The summed E-state index contributed by atoms with van der Waals surface area (Å²) in [6.45, 7) is 0. The number of nitrogens with zero attached hydrogens (tertiary/aromatic N) is 1. The monoisotopic (exact) mass is 265 g/mol. The number of carbonyl (C=O) groups is 1. The van der Waals surface area contributed by atoms with Crippen molar-refractivity contribution >= 4 is 17.6 Å². The molecule has 0 saturated carbocycles. The van der Waals surface area contributed by atoms with Gasteiger partial charge in [0.05, 0.1) is 18.4 Å². The molecule has 0 spiro atoms. The molecule has 0 aliphatic carbocycles. The van der Waals surface area contributed by atoms with Crippen LogP contribution in [0.15, 0.2) is 36.4 Å². The van der Waals surface area contributed by atoms with Gasteiger partial charge >= 0.3 is 5.97 Å². The number of pyridine rings is 1. The first-order valence-corrected chi connectivity index (χ1v) is 5.50. The molecule has 0 fully saturated rings. The zero-order valence-electron chi connectivity index (χ0n) is 9.48. The van der Waals surface area contributed by atoms with Crippen molar-refractivity contribution in [2.24, 2.45) is 0 Å². The Morgan fingerprint density at radius 1 is 1.33 bits per heavy atom. The highest BCUT2D eigenvalue weighted by molar-refractivity contribution is 6.29. The summed E-state index contributed by atoms with van der Waals surface area (Å²) < 4.78 is 18.0. The molecular formula is C13H9ClFNO2. The zero-order chi connectivity index (χ0) is 13.1. The molecule has 2 aromatic rings. The van der Waals surface area contributed by atoms with Gasteiger partial charge in [0, 0.05) is 5.56 Å². The minimum atomic E-state index is -0.599. The standard InChI is InChI=1S/C13H9ClFNO2/c1-18-13(17)9-5-8(6-10(15)7-9)11-3-2-4-12(14)16-11/h2-7H,1H3. The van der Waals surface area contributed by atoms with Gasteiger partial charge in [-0.25, -0.2) is 14.2 Å². The number of carbonyl (C=O) groups excluding carboxylic acids is 1. The Morgan fingerprint density at radius 2 is 2.11 bits per heavy atom. The van der Waals surface area contributed by atoms with E-state index in [0.717, 1.165) is 6.07 Å². The van der Waals surface area contributed by atoms with E-state index >= 15 is 0 Å². The molecule has 0 aliphatic rings. The van der Waals surface area contributed by atoms with Gasteiger partial charge in [0.1, 0.15) is 11.0 Å². The fraction of sp³-hybridized carbons (Fsp3) is 0.0769. The van der Waals surface area contributed by atoms with Gasteiger partial charge in [-0.2, -0.15) is 0 Å². The molecule has 0 bridgehead atoms. The maximum atomic E-state index is 13.4. The van der Waals surface area contributed by atoms with E-state index in [1.165, 1.54) is 19.2 Å². The van der Waals surface area contributed by atoms with Crippen LogP contribution < -0.4 is 0 Å². The van der Waals surface area contributed by atoms with E-state index in [1.54, 1.807) is 18.2 Å². The molecule has 0 saturated heterocycles. The van der Waals surface area contributed by atoms with Gasteiger partial charge in [-0.15, -0.1) is 0 Å². The highest BCUT2D eigenvalue weighted by atomic mass is 35.5. The molecule has 5 heteroatoms. The lowest BCUT2D eigenvalue weighted by Crippen LogP contribution is -2.02. The number of hydrogen-bond donors (Lipinski definition) is 0. The zero-order valence-corrected chi connectivity index (χ0v) is 10.2. The van der Waals surface area contributed by atoms with E-state index < -0.39 is 11.8 Å². The molecule has 0 atom stereocenters. The molecule has 1 aromatic heterocycles. The Bertz CT molecular complexity index is 601. The first-order valence-electron chi connectivity index (χ1n) is 5.12. The summed E-state index contributed by atoms with van der Waals surface area (Å²) in [6.07, 6.45) is 0. The number of benzene rings is 1. The summed E-state index contributed by atoms with van der Waals surface area (Å²) in [7, 11) is 1.24. The maximum Gasteiger partial charge on any atom is 0.337 e. The second-order valence-corrected chi connectivity index (χ2v) is 3.95. The van der Waals surface area contributed by atoms with Crippen molar-refractivity contribution < 1.29 is 13.9 Å². The highest BCUT2D eigenvalue weighted by Gasteiger charge is 2.10. The molecule has 2 rings (SSSR count). The topological polar surface area (TPSA) is 39.2 Å². The number of methoxy groups -OCH3 is 1. The predicted octanol–water partition coefficient (Wildman–Crippen LogP) is 3.33. The Morgan fingerprint density at radius 3 is 2.78 bits per heavy atom. The smallest absolute Gasteiger partial charge is 0.337 e. The average molecular weight is 266 g/mol. The van der Waals surface area contributed by atoms with Crippen LogP contribution in [0.4, 0.5) is 4.39 Å². The van der Waals surface area contributed by atoms with Gasteiger partial charge in [-0.05, 0) is 30.3 Å². The first-order chi connectivity index (χ1) is 8.60. The van der Waals surface area contributed by atoms with Crippen molar-refractivity contribution in [2.45, 2.75) is 0 Å². The van der Waals surface area contributed by atoms with E-state index in [4.69, 9.17) is 11.6 Å². The van der Waals surface area contributed by atoms with Gasteiger partial charge in [0.25, 0.3) is 0 Å². The quantitative estimate of drug-likeness (QED) is 0.618. The van der Waals surface area contributed by atoms with Crippen molar-refractivity contribution in [1.29, 1.82) is 0 Å². The van der Waals surface area contributed by atoms with Crippen LogP contribution in [-0.2, 0) is 4.74 Å². The van der Waals surface area contributed by atoms with Gasteiger partial charge in [-0.1, -0.05) is 17.7 Å². The second-order valence-electron chi connectivity index (χ2n) is 3.57. The van der Waals surface area contributed by atoms with Crippen LogP contribution in [0, 0.1) is 5.82 Å². The second kappa shape index (κ2) is 5.14. The summed E-state index contributed by atoms with van der Waals surface area (Å²) in [5.41, 5.74) is 1.10. The summed E-state index contributed by atoms with van der Waals surface area (Å²) in [5, 5.41) is 0.302. The Balaban J connectivity index is 2.51. The molecule has 0 unspecified atom stereocenters. The van der Waals surface area contributed by atoms with Gasteiger partial charge in [0.2, 0.25) is 0 Å². The fourth-order valence-corrected chi connectivity index (χ4v) is 1.71. The largest absolute Gasteiger partial charge is 0.465 e. The van der Waals surface area contributed by atoms with Crippen LogP contribution in [0.5, 0.6) is 0 Å². The molecule has 1 aromatic carbocycles.